The quantitative estimate of drug-likeness (QED) is 0.594. The molecule has 0 radical (unpaired) electrons. The molecule has 0 bridgehead atoms. The van der Waals surface area contributed by atoms with E-state index in [1.54, 1.807) is 10.3 Å². The van der Waals surface area contributed by atoms with Crippen molar-refractivity contribution < 1.29 is 9.59 Å². The third-order valence-electron chi connectivity index (χ3n) is 4.43. The number of nitrogens with zero attached hydrogens (tertiary/aromatic N) is 3. The summed E-state index contributed by atoms with van der Waals surface area (Å²) in [5.74, 6) is -0.496. The number of benzene rings is 1. The molecule has 2 amide bonds. The molecule has 0 aliphatic rings. The van der Waals surface area contributed by atoms with Crippen molar-refractivity contribution >= 4 is 34.7 Å². The van der Waals surface area contributed by atoms with E-state index >= 15 is 0 Å². The van der Waals surface area contributed by atoms with Gasteiger partial charge in [-0.2, -0.15) is 0 Å². The lowest BCUT2D eigenvalue weighted by Gasteiger charge is -2.32. The van der Waals surface area contributed by atoms with Crippen molar-refractivity contribution in [3.8, 4) is 0 Å². The van der Waals surface area contributed by atoms with Gasteiger partial charge in [0.1, 0.15) is 6.04 Å². The van der Waals surface area contributed by atoms with Crippen LogP contribution < -0.4 is 5.32 Å². The van der Waals surface area contributed by atoms with Crippen molar-refractivity contribution in [2.24, 2.45) is 0 Å². The smallest absolute Gasteiger partial charge is 0.276 e. The molecule has 1 atom stereocenters. The number of aromatic nitrogens is 2. The van der Waals surface area contributed by atoms with Gasteiger partial charge >= 0.3 is 0 Å². The van der Waals surface area contributed by atoms with Crippen LogP contribution in [0, 0.1) is 6.92 Å². The molecule has 6 nitrogen and oxygen atoms in total. The van der Waals surface area contributed by atoms with Crippen LogP contribution in [0.25, 0.3) is 0 Å². The molecular weight excluding hydrogens is 416 g/mol. The minimum Gasteiger partial charge on any atom is -0.349 e. The van der Waals surface area contributed by atoms with Crippen LogP contribution in [0.4, 0.5) is 0 Å². The van der Waals surface area contributed by atoms with Crippen LogP contribution >= 0.6 is 22.9 Å². The summed E-state index contributed by atoms with van der Waals surface area (Å²) >= 11 is 2.59. The Bertz CT molecular complexity index is 979. The Kier molecular flexibility index (Phi) is 6.99. The molecule has 2 heterocycles. The zero-order valence-corrected chi connectivity index (χ0v) is 19.2. The topological polar surface area (TPSA) is 75.2 Å². The van der Waals surface area contributed by atoms with Gasteiger partial charge in [-0.05, 0) is 62.7 Å². The van der Waals surface area contributed by atoms with E-state index in [-0.39, 0.29) is 17.5 Å². The third kappa shape index (κ3) is 5.73. The van der Waals surface area contributed by atoms with E-state index in [0.29, 0.717) is 13.0 Å². The van der Waals surface area contributed by atoms with E-state index < -0.39 is 11.6 Å². The Hall–Kier alpha value is -2.58. The molecule has 2 aromatic heterocycles. The molecule has 3 rings (SSSR count). The number of carbonyl (C=O) groups excluding carboxylic acids is 2. The maximum absolute atomic E-state index is 13.4. The van der Waals surface area contributed by atoms with Crippen LogP contribution in [0.1, 0.15) is 53.3 Å². The Morgan fingerprint density at radius 2 is 2.00 bits per heavy atom. The van der Waals surface area contributed by atoms with E-state index in [1.807, 2.05) is 63.4 Å². The number of hydrogen-bond acceptors (Lipinski definition) is 6. The monoisotopic (exact) mass is 442 g/mol. The first-order valence-electron chi connectivity index (χ1n) is 9.73. The summed E-state index contributed by atoms with van der Waals surface area (Å²) in [7, 11) is 0. The second kappa shape index (κ2) is 9.49. The van der Waals surface area contributed by atoms with Gasteiger partial charge in [0.15, 0.2) is 5.69 Å². The first kappa shape index (κ1) is 22.1. The highest BCUT2D eigenvalue weighted by atomic mass is 32.1. The third-order valence-corrected chi connectivity index (χ3v) is 5.86. The average Bonchev–Trinajstić information content (AvgIpc) is 3.37. The van der Waals surface area contributed by atoms with Crippen molar-refractivity contribution in [2.45, 2.75) is 45.7 Å². The maximum atomic E-state index is 13.4. The van der Waals surface area contributed by atoms with Gasteiger partial charge in [-0.1, -0.05) is 40.4 Å². The Morgan fingerprint density at radius 3 is 2.60 bits per heavy atom. The second-order valence-electron chi connectivity index (χ2n) is 8.18. The van der Waals surface area contributed by atoms with E-state index in [1.165, 1.54) is 11.3 Å². The van der Waals surface area contributed by atoms with Crippen LogP contribution in [-0.2, 0) is 11.2 Å². The van der Waals surface area contributed by atoms with Gasteiger partial charge in [0.2, 0.25) is 5.91 Å². The fraction of sp³-hybridized carbons (Fsp3) is 0.364. The van der Waals surface area contributed by atoms with Crippen molar-refractivity contribution in [3.05, 3.63) is 68.9 Å². The van der Waals surface area contributed by atoms with E-state index in [4.69, 9.17) is 0 Å². The highest BCUT2D eigenvalue weighted by Crippen LogP contribution is 2.28. The Morgan fingerprint density at radius 1 is 1.20 bits per heavy atom. The molecule has 0 spiro atoms. The van der Waals surface area contributed by atoms with E-state index in [0.717, 1.165) is 27.5 Å². The SMILES string of the molecule is Cc1cccc(CCN(C(=O)c2csnn2)C(C(=O)NC(C)(C)C)c2cccs2)c1. The summed E-state index contributed by atoms with van der Waals surface area (Å²) in [4.78, 5) is 29.1. The minimum atomic E-state index is -0.733. The number of thiophene rings is 1. The van der Waals surface area contributed by atoms with E-state index in [9.17, 15) is 9.59 Å². The van der Waals surface area contributed by atoms with Crippen molar-refractivity contribution in [1.29, 1.82) is 0 Å². The lowest BCUT2D eigenvalue weighted by molar-refractivity contribution is -0.127. The second-order valence-corrected chi connectivity index (χ2v) is 9.77. The Labute approximate surface area is 185 Å². The van der Waals surface area contributed by atoms with Crippen LogP contribution in [0.3, 0.4) is 0 Å². The van der Waals surface area contributed by atoms with Gasteiger partial charge < -0.3 is 10.2 Å². The number of rotatable bonds is 7. The summed E-state index contributed by atoms with van der Waals surface area (Å²) < 4.78 is 3.83. The molecule has 3 aromatic rings. The summed E-state index contributed by atoms with van der Waals surface area (Å²) in [5.41, 5.74) is 2.12. The largest absolute Gasteiger partial charge is 0.349 e. The Balaban J connectivity index is 1.95. The van der Waals surface area contributed by atoms with Gasteiger partial charge in [0, 0.05) is 22.3 Å². The molecule has 1 unspecified atom stereocenters. The van der Waals surface area contributed by atoms with Crippen molar-refractivity contribution in [2.75, 3.05) is 6.54 Å². The molecule has 158 valence electrons. The predicted molar refractivity (Wildman–Crippen MR) is 121 cm³/mol. The molecular formula is C22H26N4O2S2. The predicted octanol–water partition coefficient (Wildman–Crippen LogP) is 4.25. The molecule has 1 aromatic carbocycles. The number of aryl methyl sites for hydroxylation is 1. The van der Waals surface area contributed by atoms with Crippen molar-refractivity contribution in [1.82, 2.24) is 19.8 Å². The number of carbonyl (C=O) groups is 2. The average molecular weight is 443 g/mol. The van der Waals surface area contributed by atoms with Gasteiger partial charge in [-0.15, -0.1) is 16.4 Å². The van der Waals surface area contributed by atoms with Crippen LogP contribution in [0.2, 0.25) is 0 Å². The standard InChI is InChI=1S/C22H26N4O2S2/c1-15-7-5-8-16(13-15)10-11-26(21(28)17-14-30-25-24-17)19(18-9-6-12-29-18)20(27)23-22(2,3)4/h5-9,12-14,19H,10-11H2,1-4H3,(H,23,27). The first-order chi connectivity index (χ1) is 14.2. The maximum Gasteiger partial charge on any atom is 0.276 e. The zero-order valence-electron chi connectivity index (χ0n) is 17.6. The lowest BCUT2D eigenvalue weighted by atomic mass is 10.0. The molecule has 0 aliphatic heterocycles. The summed E-state index contributed by atoms with van der Waals surface area (Å²) in [6, 6.07) is 11.2. The molecule has 1 N–H and O–H groups in total. The molecule has 0 fully saturated rings. The van der Waals surface area contributed by atoms with E-state index in [2.05, 4.69) is 21.0 Å². The van der Waals surface area contributed by atoms with Gasteiger partial charge in [0.05, 0.1) is 0 Å². The van der Waals surface area contributed by atoms with Crippen LogP contribution in [0.5, 0.6) is 0 Å². The van der Waals surface area contributed by atoms with Gasteiger partial charge in [-0.25, -0.2) is 0 Å². The molecule has 8 heteroatoms. The number of amides is 2. The van der Waals surface area contributed by atoms with Crippen molar-refractivity contribution in [3.63, 3.8) is 0 Å². The molecule has 0 aliphatic carbocycles. The lowest BCUT2D eigenvalue weighted by Crippen LogP contribution is -2.49. The minimum absolute atomic E-state index is 0.203. The fourth-order valence-corrected chi connectivity index (χ4v) is 4.44. The fourth-order valence-electron chi connectivity index (χ4n) is 3.18. The molecule has 0 saturated carbocycles. The zero-order chi connectivity index (χ0) is 21.7. The molecule has 0 saturated heterocycles. The highest BCUT2D eigenvalue weighted by molar-refractivity contribution is 7.10. The summed E-state index contributed by atoms with van der Waals surface area (Å²) in [6.45, 7) is 8.22. The summed E-state index contributed by atoms with van der Waals surface area (Å²) in [5, 5.41) is 10.5. The number of hydrogen-bond donors (Lipinski definition) is 1. The summed E-state index contributed by atoms with van der Waals surface area (Å²) in [6.07, 6.45) is 0.635. The van der Waals surface area contributed by atoms with Crippen LogP contribution in [-0.4, -0.2) is 38.4 Å². The first-order valence-corrected chi connectivity index (χ1v) is 11.5. The molecule has 30 heavy (non-hydrogen) atoms. The highest BCUT2D eigenvalue weighted by Gasteiger charge is 2.35. The van der Waals surface area contributed by atoms with Gasteiger partial charge in [0.25, 0.3) is 5.91 Å². The number of nitrogens with one attached hydrogen (secondary N) is 1. The van der Waals surface area contributed by atoms with Crippen LogP contribution in [0.15, 0.2) is 47.2 Å². The normalized spacial score (nSPS) is 12.4. The van der Waals surface area contributed by atoms with Gasteiger partial charge in [-0.3, -0.25) is 9.59 Å².